The molecular weight excluding hydrogens is 214 g/mol. The number of fused-ring (bicyclic) bond motifs is 1. The van der Waals surface area contributed by atoms with Crippen molar-refractivity contribution in [2.45, 2.75) is 18.9 Å². The van der Waals surface area contributed by atoms with Gasteiger partial charge in [-0.1, -0.05) is 12.1 Å². The van der Waals surface area contributed by atoms with Gasteiger partial charge in [0, 0.05) is 11.6 Å². The molecule has 1 aromatic carbocycles. The second-order valence-electron chi connectivity index (χ2n) is 3.94. The fraction of sp³-hybridized carbons (Fsp3) is 0.455. The van der Waals surface area contributed by atoms with Crippen LogP contribution in [0.25, 0.3) is 0 Å². The molecule has 2 N–H and O–H groups in total. The van der Waals surface area contributed by atoms with Gasteiger partial charge in [-0.05, 0) is 24.8 Å². The van der Waals surface area contributed by atoms with Crippen LogP contribution in [0, 0.1) is 5.92 Å². The molecular formula is C11H14ClNO2. The number of halogens is 1. The fourth-order valence-corrected chi connectivity index (χ4v) is 1.92. The van der Waals surface area contributed by atoms with Crippen molar-refractivity contribution in [1.29, 1.82) is 0 Å². The van der Waals surface area contributed by atoms with Crippen LogP contribution >= 0.6 is 12.4 Å². The molecule has 0 amide bonds. The molecule has 1 aromatic rings. The summed E-state index contributed by atoms with van der Waals surface area (Å²) in [7, 11) is 0. The van der Waals surface area contributed by atoms with Crippen LogP contribution in [0.15, 0.2) is 18.2 Å². The van der Waals surface area contributed by atoms with Crippen LogP contribution in [-0.2, 0) is 0 Å². The minimum atomic E-state index is 0. The lowest BCUT2D eigenvalue weighted by molar-refractivity contribution is 0.173. The third kappa shape index (κ3) is 1.77. The Morgan fingerprint density at radius 3 is 2.80 bits per heavy atom. The predicted molar refractivity (Wildman–Crippen MR) is 59.5 cm³/mol. The third-order valence-corrected chi connectivity index (χ3v) is 2.92. The van der Waals surface area contributed by atoms with Gasteiger partial charge < -0.3 is 15.2 Å². The quantitative estimate of drug-likeness (QED) is 0.843. The van der Waals surface area contributed by atoms with E-state index in [4.69, 9.17) is 15.2 Å². The van der Waals surface area contributed by atoms with Gasteiger partial charge in [0.1, 0.15) is 0 Å². The zero-order valence-electron chi connectivity index (χ0n) is 8.31. The molecule has 2 aliphatic rings. The molecule has 1 heterocycles. The van der Waals surface area contributed by atoms with E-state index < -0.39 is 0 Å². The highest BCUT2D eigenvalue weighted by Crippen LogP contribution is 2.45. The monoisotopic (exact) mass is 227 g/mol. The summed E-state index contributed by atoms with van der Waals surface area (Å²) in [6.45, 7) is 0.323. The van der Waals surface area contributed by atoms with Gasteiger partial charge in [0.25, 0.3) is 0 Å². The Bertz CT molecular complexity index is 366. The van der Waals surface area contributed by atoms with Gasteiger partial charge in [0.15, 0.2) is 11.5 Å². The number of hydrogen-bond acceptors (Lipinski definition) is 3. The van der Waals surface area contributed by atoms with Crippen LogP contribution in [0.1, 0.15) is 24.4 Å². The van der Waals surface area contributed by atoms with Crippen LogP contribution in [0.4, 0.5) is 0 Å². The lowest BCUT2D eigenvalue weighted by Crippen LogP contribution is -2.13. The molecule has 0 unspecified atom stereocenters. The van der Waals surface area contributed by atoms with E-state index in [1.807, 2.05) is 18.2 Å². The van der Waals surface area contributed by atoms with Gasteiger partial charge in [0.2, 0.25) is 6.79 Å². The van der Waals surface area contributed by atoms with E-state index in [1.54, 1.807) is 0 Å². The molecule has 0 radical (unpaired) electrons. The summed E-state index contributed by atoms with van der Waals surface area (Å²) in [5.41, 5.74) is 7.24. The third-order valence-electron chi connectivity index (χ3n) is 2.92. The SMILES string of the molecule is Cl.N[C@H](c1cccc2c1OCO2)C1CC1. The largest absolute Gasteiger partial charge is 0.454 e. The fourth-order valence-electron chi connectivity index (χ4n) is 1.92. The minimum absolute atomic E-state index is 0. The molecule has 0 aromatic heterocycles. The van der Waals surface area contributed by atoms with Gasteiger partial charge in [-0.15, -0.1) is 12.4 Å². The Kier molecular flexibility index (Phi) is 2.76. The van der Waals surface area contributed by atoms with Crippen molar-refractivity contribution >= 4 is 12.4 Å². The molecule has 1 fully saturated rings. The van der Waals surface area contributed by atoms with Crippen molar-refractivity contribution in [3.63, 3.8) is 0 Å². The molecule has 82 valence electrons. The van der Waals surface area contributed by atoms with E-state index in [-0.39, 0.29) is 18.4 Å². The van der Waals surface area contributed by atoms with Crippen molar-refractivity contribution in [2.75, 3.05) is 6.79 Å². The molecule has 4 heteroatoms. The Morgan fingerprint density at radius 1 is 1.27 bits per heavy atom. The van der Waals surface area contributed by atoms with Gasteiger partial charge in [-0.25, -0.2) is 0 Å². The Labute approximate surface area is 95.0 Å². The van der Waals surface area contributed by atoms with Gasteiger partial charge in [-0.2, -0.15) is 0 Å². The summed E-state index contributed by atoms with van der Waals surface area (Å²) < 4.78 is 10.7. The summed E-state index contributed by atoms with van der Waals surface area (Å²) in [5.74, 6) is 2.33. The zero-order valence-corrected chi connectivity index (χ0v) is 9.13. The van der Waals surface area contributed by atoms with Gasteiger partial charge >= 0.3 is 0 Å². The molecule has 0 spiro atoms. The standard InChI is InChI=1S/C11H13NO2.ClH/c12-10(7-4-5-7)8-2-1-3-9-11(8)14-6-13-9;/h1-3,7,10H,4-6,12H2;1H/t10-;/m0./s1. The van der Waals surface area contributed by atoms with Gasteiger partial charge in [-0.3, -0.25) is 0 Å². The second-order valence-corrected chi connectivity index (χ2v) is 3.94. The Morgan fingerprint density at radius 2 is 2.07 bits per heavy atom. The van der Waals surface area contributed by atoms with E-state index in [9.17, 15) is 0 Å². The van der Waals surface area contributed by atoms with Crippen LogP contribution < -0.4 is 15.2 Å². The summed E-state index contributed by atoms with van der Waals surface area (Å²) in [4.78, 5) is 0. The average molecular weight is 228 g/mol. The molecule has 1 saturated carbocycles. The van der Waals surface area contributed by atoms with Crippen molar-refractivity contribution in [3.05, 3.63) is 23.8 Å². The molecule has 0 saturated heterocycles. The first-order valence-electron chi connectivity index (χ1n) is 5.00. The highest BCUT2D eigenvalue weighted by atomic mass is 35.5. The number of hydrogen-bond donors (Lipinski definition) is 1. The van der Waals surface area contributed by atoms with E-state index in [1.165, 1.54) is 12.8 Å². The highest BCUT2D eigenvalue weighted by molar-refractivity contribution is 5.85. The van der Waals surface area contributed by atoms with Crippen LogP contribution in [-0.4, -0.2) is 6.79 Å². The first kappa shape index (κ1) is 10.6. The topological polar surface area (TPSA) is 44.5 Å². The summed E-state index contributed by atoms with van der Waals surface area (Å²) in [6, 6.07) is 6.05. The van der Waals surface area contributed by atoms with Crippen molar-refractivity contribution in [2.24, 2.45) is 11.7 Å². The van der Waals surface area contributed by atoms with Crippen LogP contribution in [0.5, 0.6) is 11.5 Å². The number of rotatable bonds is 2. The molecule has 3 rings (SSSR count). The van der Waals surface area contributed by atoms with Crippen LogP contribution in [0.3, 0.4) is 0 Å². The maximum absolute atomic E-state index is 6.14. The number of nitrogens with two attached hydrogens (primary N) is 1. The van der Waals surface area contributed by atoms with Crippen LogP contribution in [0.2, 0.25) is 0 Å². The average Bonchev–Trinajstić information content (AvgIpc) is 2.94. The maximum Gasteiger partial charge on any atom is 0.231 e. The van der Waals surface area contributed by atoms with E-state index in [2.05, 4.69) is 0 Å². The Hall–Kier alpha value is -0.930. The normalized spacial score (nSPS) is 19.5. The summed E-state index contributed by atoms with van der Waals surface area (Å²) >= 11 is 0. The smallest absolute Gasteiger partial charge is 0.231 e. The molecule has 0 bridgehead atoms. The molecule has 1 atom stereocenters. The minimum Gasteiger partial charge on any atom is -0.454 e. The van der Waals surface area contributed by atoms with Gasteiger partial charge in [0.05, 0.1) is 0 Å². The number of para-hydroxylation sites is 1. The lowest BCUT2D eigenvalue weighted by atomic mass is 10.0. The van der Waals surface area contributed by atoms with Crippen molar-refractivity contribution in [1.82, 2.24) is 0 Å². The molecule has 1 aliphatic heterocycles. The van der Waals surface area contributed by atoms with Crippen molar-refractivity contribution < 1.29 is 9.47 Å². The summed E-state index contributed by atoms with van der Waals surface area (Å²) in [5, 5.41) is 0. The van der Waals surface area contributed by atoms with Crippen molar-refractivity contribution in [3.8, 4) is 11.5 Å². The highest BCUT2D eigenvalue weighted by Gasteiger charge is 2.32. The molecule has 1 aliphatic carbocycles. The zero-order chi connectivity index (χ0) is 9.54. The maximum atomic E-state index is 6.14. The second kappa shape index (κ2) is 3.91. The van der Waals surface area contributed by atoms with E-state index >= 15 is 0 Å². The lowest BCUT2D eigenvalue weighted by Gasteiger charge is -2.12. The predicted octanol–water partition coefficient (Wildman–Crippen LogP) is 2.25. The van der Waals surface area contributed by atoms with E-state index in [0.29, 0.717) is 12.7 Å². The number of benzene rings is 1. The molecule has 3 nitrogen and oxygen atoms in total. The Balaban J connectivity index is 0.000000853. The summed E-state index contributed by atoms with van der Waals surface area (Å²) in [6.07, 6.45) is 2.48. The molecule has 15 heavy (non-hydrogen) atoms. The van der Waals surface area contributed by atoms with E-state index in [0.717, 1.165) is 17.1 Å². The first-order chi connectivity index (χ1) is 6.86. The first-order valence-corrected chi connectivity index (χ1v) is 5.00. The number of ether oxygens (including phenoxy) is 2.